The van der Waals surface area contributed by atoms with E-state index < -0.39 is 17.7 Å². The smallest absolute Gasteiger partial charge is 0.295 e. The highest BCUT2D eigenvalue weighted by atomic mass is 16.3. The summed E-state index contributed by atoms with van der Waals surface area (Å²) in [6.07, 6.45) is 0. The van der Waals surface area contributed by atoms with Crippen molar-refractivity contribution in [3.8, 4) is 0 Å². The van der Waals surface area contributed by atoms with Crippen molar-refractivity contribution in [1.29, 1.82) is 0 Å². The number of likely N-dealkylation sites (N-methyl/N-ethyl adjacent to an activating group) is 1. The topological polar surface area (TPSA) is 62.0 Å². The average Bonchev–Trinajstić information content (AvgIpc) is 2.97. The van der Waals surface area contributed by atoms with Gasteiger partial charge in [-0.1, -0.05) is 68.4 Å². The Kier molecular flexibility index (Phi) is 6.18. The van der Waals surface area contributed by atoms with Crippen LogP contribution >= 0.6 is 0 Å². The lowest BCUT2D eigenvalue weighted by atomic mass is 9.93. The number of hydrogen-bond donors (Lipinski definition) is 2. The number of Topliss-reactive ketones (excluding diaryl/α,β-unsaturated/α-hetero) is 1. The molecule has 3 rings (SSSR count). The van der Waals surface area contributed by atoms with Gasteiger partial charge >= 0.3 is 0 Å². The number of aliphatic hydroxyl groups is 1. The number of rotatable bonds is 6. The van der Waals surface area contributed by atoms with Crippen molar-refractivity contribution < 1.29 is 19.6 Å². The zero-order valence-electron chi connectivity index (χ0n) is 17.5. The fraction of sp³-hybridized carbons (Fsp3) is 0.333. The predicted molar refractivity (Wildman–Crippen MR) is 114 cm³/mol. The van der Waals surface area contributed by atoms with Gasteiger partial charge in [0.15, 0.2) is 0 Å². The van der Waals surface area contributed by atoms with E-state index in [1.165, 1.54) is 10.5 Å². The Labute approximate surface area is 172 Å². The summed E-state index contributed by atoms with van der Waals surface area (Å²) < 4.78 is 0. The molecule has 0 bridgehead atoms. The van der Waals surface area contributed by atoms with Crippen molar-refractivity contribution in [2.75, 3.05) is 27.2 Å². The largest absolute Gasteiger partial charge is 0.507 e. The Bertz CT molecular complexity index is 915. The predicted octanol–water partition coefficient (Wildman–Crippen LogP) is 2.38. The summed E-state index contributed by atoms with van der Waals surface area (Å²) in [6, 6.07) is 16.3. The van der Waals surface area contributed by atoms with Gasteiger partial charge in [-0.15, -0.1) is 0 Å². The maximum atomic E-state index is 12.9. The van der Waals surface area contributed by atoms with Gasteiger partial charge in [-0.25, -0.2) is 0 Å². The van der Waals surface area contributed by atoms with Crippen LogP contribution in [0.4, 0.5) is 0 Å². The molecule has 1 aliphatic heterocycles. The monoisotopic (exact) mass is 393 g/mol. The molecule has 5 heteroatoms. The molecule has 0 spiro atoms. The number of amides is 1. The van der Waals surface area contributed by atoms with Crippen LogP contribution in [0.2, 0.25) is 0 Å². The van der Waals surface area contributed by atoms with Crippen molar-refractivity contribution in [3.63, 3.8) is 0 Å². The molecule has 2 aromatic carbocycles. The first-order valence-corrected chi connectivity index (χ1v) is 10.0. The van der Waals surface area contributed by atoms with Gasteiger partial charge in [-0.2, -0.15) is 0 Å². The van der Waals surface area contributed by atoms with E-state index in [0.29, 0.717) is 24.6 Å². The highest BCUT2D eigenvalue weighted by molar-refractivity contribution is 6.46. The third kappa shape index (κ3) is 4.25. The Morgan fingerprint density at radius 1 is 1.03 bits per heavy atom. The van der Waals surface area contributed by atoms with Crippen LogP contribution in [-0.2, 0) is 9.59 Å². The number of aliphatic hydroxyl groups excluding tert-OH is 1. The number of carbonyl (C=O) groups is 2. The molecule has 2 N–H and O–H groups in total. The lowest BCUT2D eigenvalue weighted by molar-refractivity contribution is -0.857. The van der Waals surface area contributed by atoms with Gasteiger partial charge in [0.05, 0.1) is 38.8 Å². The molecule has 152 valence electrons. The number of carbonyl (C=O) groups excluding carboxylic acids is 2. The second kappa shape index (κ2) is 8.62. The van der Waals surface area contributed by atoms with Crippen LogP contribution < -0.4 is 4.90 Å². The summed E-state index contributed by atoms with van der Waals surface area (Å²) in [4.78, 5) is 28.5. The summed E-state index contributed by atoms with van der Waals surface area (Å²) in [5.74, 6) is -0.918. The molecule has 0 unspecified atom stereocenters. The van der Waals surface area contributed by atoms with E-state index >= 15 is 0 Å². The molecular weight excluding hydrogens is 364 g/mol. The first-order valence-electron chi connectivity index (χ1n) is 10.0. The standard InChI is InChI=1S/C24H28N2O3/c1-16(2)17-10-12-18(13-11-17)21-20(22(27)19-8-6-5-7-9-19)23(28)24(29)26(21)15-14-25(3)4/h5-13,16,21,27H,14-15H2,1-4H3/p+1/t21-/m0/s1. The molecule has 1 heterocycles. The van der Waals surface area contributed by atoms with Crippen molar-refractivity contribution in [1.82, 2.24) is 4.90 Å². The highest BCUT2D eigenvalue weighted by Gasteiger charge is 2.46. The van der Waals surface area contributed by atoms with E-state index in [4.69, 9.17) is 0 Å². The molecule has 2 aromatic rings. The molecule has 5 nitrogen and oxygen atoms in total. The summed E-state index contributed by atoms with van der Waals surface area (Å²) in [5, 5.41) is 11.0. The van der Waals surface area contributed by atoms with Gasteiger partial charge in [0.2, 0.25) is 0 Å². The Morgan fingerprint density at radius 2 is 1.66 bits per heavy atom. The van der Waals surface area contributed by atoms with Gasteiger partial charge in [0.25, 0.3) is 11.7 Å². The van der Waals surface area contributed by atoms with E-state index in [-0.39, 0.29) is 11.3 Å². The lowest BCUT2D eigenvalue weighted by Gasteiger charge is -2.26. The van der Waals surface area contributed by atoms with Crippen LogP contribution in [0.25, 0.3) is 5.76 Å². The summed E-state index contributed by atoms with van der Waals surface area (Å²) in [5.41, 5.74) is 2.71. The summed E-state index contributed by atoms with van der Waals surface area (Å²) in [7, 11) is 4.01. The quantitative estimate of drug-likeness (QED) is 0.450. The van der Waals surface area contributed by atoms with Crippen LogP contribution in [0.5, 0.6) is 0 Å². The van der Waals surface area contributed by atoms with E-state index in [9.17, 15) is 14.7 Å². The number of quaternary nitrogens is 1. The number of ketones is 1. The third-order valence-corrected chi connectivity index (χ3v) is 5.36. The second-order valence-corrected chi connectivity index (χ2v) is 8.14. The lowest BCUT2D eigenvalue weighted by Crippen LogP contribution is -3.06. The molecule has 1 saturated heterocycles. The SMILES string of the molecule is CC(C)c1ccc([C@H]2C(=C(O)c3ccccc3)C(=O)C(=O)N2CC[NH+](C)C)cc1. The van der Waals surface area contributed by atoms with Crippen LogP contribution in [0.1, 0.15) is 42.5 Å². The summed E-state index contributed by atoms with van der Waals surface area (Å²) in [6.45, 7) is 5.39. The highest BCUT2D eigenvalue weighted by Crippen LogP contribution is 2.39. The minimum absolute atomic E-state index is 0.124. The Morgan fingerprint density at radius 3 is 2.21 bits per heavy atom. The molecule has 0 radical (unpaired) electrons. The van der Waals surface area contributed by atoms with Gasteiger partial charge in [0.1, 0.15) is 5.76 Å². The first-order chi connectivity index (χ1) is 13.8. The molecule has 0 aromatic heterocycles. The van der Waals surface area contributed by atoms with Crippen LogP contribution in [0.3, 0.4) is 0 Å². The minimum Gasteiger partial charge on any atom is -0.507 e. The Hall–Kier alpha value is -2.92. The molecular formula is C24H29N2O3+. The maximum absolute atomic E-state index is 12.9. The molecule has 0 aliphatic carbocycles. The van der Waals surface area contributed by atoms with Gasteiger partial charge in [-0.05, 0) is 17.0 Å². The first kappa shape index (κ1) is 20.8. The molecule has 1 amide bonds. The Balaban J connectivity index is 2.11. The third-order valence-electron chi connectivity index (χ3n) is 5.36. The number of nitrogens with zero attached hydrogens (tertiary/aromatic N) is 1. The summed E-state index contributed by atoms with van der Waals surface area (Å²) >= 11 is 0. The molecule has 1 atom stereocenters. The molecule has 0 saturated carbocycles. The molecule has 1 aliphatic rings. The zero-order valence-corrected chi connectivity index (χ0v) is 17.5. The molecule has 29 heavy (non-hydrogen) atoms. The minimum atomic E-state index is -0.627. The van der Waals surface area contributed by atoms with Gasteiger partial charge < -0.3 is 14.9 Å². The van der Waals surface area contributed by atoms with Crippen molar-refractivity contribution in [2.45, 2.75) is 25.8 Å². The van der Waals surface area contributed by atoms with Crippen LogP contribution in [0.15, 0.2) is 60.2 Å². The van der Waals surface area contributed by atoms with Gasteiger partial charge in [0, 0.05) is 5.56 Å². The van der Waals surface area contributed by atoms with Crippen LogP contribution in [-0.4, -0.2) is 48.9 Å². The van der Waals surface area contributed by atoms with E-state index in [2.05, 4.69) is 13.8 Å². The van der Waals surface area contributed by atoms with Crippen LogP contribution in [0, 0.1) is 0 Å². The molecule has 1 fully saturated rings. The zero-order chi connectivity index (χ0) is 21.1. The average molecular weight is 394 g/mol. The van der Waals surface area contributed by atoms with E-state index in [1.807, 2.05) is 44.4 Å². The normalized spacial score (nSPS) is 18.8. The number of likely N-dealkylation sites (tertiary alicyclic amines) is 1. The van der Waals surface area contributed by atoms with E-state index in [0.717, 1.165) is 5.56 Å². The van der Waals surface area contributed by atoms with E-state index in [1.54, 1.807) is 29.2 Å². The van der Waals surface area contributed by atoms with Gasteiger partial charge in [-0.3, -0.25) is 9.59 Å². The number of hydrogen-bond acceptors (Lipinski definition) is 3. The van der Waals surface area contributed by atoms with Crippen molar-refractivity contribution >= 4 is 17.4 Å². The maximum Gasteiger partial charge on any atom is 0.295 e. The fourth-order valence-electron chi connectivity index (χ4n) is 3.62. The van der Waals surface area contributed by atoms with Crippen molar-refractivity contribution in [2.24, 2.45) is 0 Å². The number of benzene rings is 2. The number of nitrogens with one attached hydrogen (secondary N) is 1. The van der Waals surface area contributed by atoms with Crippen molar-refractivity contribution in [3.05, 3.63) is 76.9 Å². The fourth-order valence-corrected chi connectivity index (χ4v) is 3.62. The second-order valence-electron chi connectivity index (χ2n) is 8.14.